The van der Waals surface area contributed by atoms with Crippen LogP contribution in [0.5, 0.6) is 0 Å². The Bertz CT molecular complexity index is 650. The van der Waals surface area contributed by atoms with Gasteiger partial charge in [0.15, 0.2) is 0 Å². The standard InChI is InChI=1S/C20H27FN2O3/c1-26-20(25)15-3-5-16(6-4-15)23-19(24)17-11-13(2-7-18(17)21)10-14-8-9-22-12-14/h2,7,11,14-16,22H,3-6,8-10,12H2,1H3,(H,23,24). The maximum absolute atomic E-state index is 14.2. The van der Waals surface area contributed by atoms with Gasteiger partial charge in [-0.3, -0.25) is 9.59 Å². The predicted molar refractivity (Wildman–Crippen MR) is 96.3 cm³/mol. The molecule has 0 radical (unpaired) electrons. The van der Waals surface area contributed by atoms with Gasteiger partial charge in [0, 0.05) is 6.04 Å². The van der Waals surface area contributed by atoms with Crippen LogP contribution in [0.4, 0.5) is 4.39 Å². The Morgan fingerprint density at radius 3 is 2.65 bits per heavy atom. The van der Waals surface area contributed by atoms with E-state index in [1.54, 1.807) is 12.1 Å². The molecule has 1 aliphatic heterocycles. The maximum atomic E-state index is 14.2. The van der Waals surface area contributed by atoms with Crippen molar-refractivity contribution in [1.29, 1.82) is 0 Å². The zero-order valence-corrected chi connectivity index (χ0v) is 15.2. The highest BCUT2D eigenvalue weighted by Crippen LogP contribution is 2.26. The second-order valence-corrected chi connectivity index (χ2v) is 7.42. The van der Waals surface area contributed by atoms with Crippen molar-refractivity contribution in [2.24, 2.45) is 11.8 Å². The molecule has 2 fully saturated rings. The average Bonchev–Trinajstić information content (AvgIpc) is 3.16. The van der Waals surface area contributed by atoms with E-state index in [0.29, 0.717) is 31.6 Å². The quantitative estimate of drug-likeness (QED) is 0.790. The van der Waals surface area contributed by atoms with Crippen LogP contribution in [-0.2, 0) is 16.0 Å². The zero-order chi connectivity index (χ0) is 18.5. The van der Waals surface area contributed by atoms with Crippen LogP contribution in [0.3, 0.4) is 0 Å². The molecule has 1 saturated heterocycles. The normalized spacial score (nSPS) is 25.7. The number of nitrogens with one attached hydrogen (secondary N) is 2. The molecule has 0 aromatic heterocycles. The molecule has 5 nitrogen and oxygen atoms in total. The van der Waals surface area contributed by atoms with Crippen molar-refractivity contribution in [3.8, 4) is 0 Å². The molecule has 1 aromatic carbocycles. The van der Waals surface area contributed by atoms with Gasteiger partial charge in [-0.1, -0.05) is 6.07 Å². The summed E-state index contributed by atoms with van der Waals surface area (Å²) in [6.07, 6.45) is 4.77. The summed E-state index contributed by atoms with van der Waals surface area (Å²) in [4.78, 5) is 24.1. The molecule has 1 atom stereocenters. The van der Waals surface area contributed by atoms with Crippen LogP contribution < -0.4 is 10.6 Å². The van der Waals surface area contributed by atoms with Crippen molar-refractivity contribution in [3.63, 3.8) is 0 Å². The molecule has 1 aromatic rings. The van der Waals surface area contributed by atoms with Gasteiger partial charge >= 0.3 is 5.97 Å². The van der Waals surface area contributed by atoms with Gasteiger partial charge in [0.1, 0.15) is 5.82 Å². The lowest BCUT2D eigenvalue weighted by atomic mass is 9.86. The van der Waals surface area contributed by atoms with Crippen LogP contribution in [0.2, 0.25) is 0 Å². The van der Waals surface area contributed by atoms with Gasteiger partial charge in [-0.25, -0.2) is 4.39 Å². The molecule has 142 valence electrons. The molecule has 26 heavy (non-hydrogen) atoms. The number of esters is 1. The summed E-state index contributed by atoms with van der Waals surface area (Å²) >= 11 is 0. The van der Waals surface area contributed by atoms with Gasteiger partial charge in [-0.05, 0) is 75.2 Å². The van der Waals surface area contributed by atoms with E-state index >= 15 is 0 Å². The van der Waals surface area contributed by atoms with Gasteiger partial charge in [-0.15, -0.1) is 0 Å². The summed E-state index contributed by atoms with van der Waals surface area (Å²) in [6, 6.07) is 4.82. The smallest absolute Gasteiger partial charge is 0.308 e. The monoisotopic (exact) mass is 362 g/mol. The van der Waals surface area contributed by atoms with Crippen molar-refractivity contribution in [3.05, 3.63) is 35.1 Å². The Hall–Kier alpha value is -1.95. The number of halogens is 1. The summed E-state index contributed by atoms with van der Waals surface area (Å²) in [5, 5.41) is 6.26. The fourth-order valence-corrected chi connectivity index (χ4v) is 4.00. The van der Waals surface area contributed by atoms with Crippen LogP contribution in [0.15, 0.2) is 18.2 Å². The number of hydrogen-bond donors (Lipinski definition) is 2. The molecule has 0 bridgehead atoms. The van der Waals surface area contributed by atoms with Gasteiger partial charge < -0.3 is 15.4 Å². The summed E-state index contributed by atoms with van der Waals surface area (Å²) in [5.41, 5.74) is 1.11. The van der Waals surface area contributed by atoms with Gasteiger partial charge in [0.05, 0.1) is 18.6 Å². The number of hydrogen-bond acceptors (Lipinski definition) is 4. The molecule has 1 amide bonds. The number of amides is 1. The number of ether oxygens (including phenoxy) is 1. The van der Waals surface area contributed by atoms with Crippen molar-refractivity contribution in [2.75, 3.05) is 20.2 Å². The third-order valence-electron chi connectivity index (χ3n) is 5.56. The Morgan fingerprint density at radius 1 is 1.23 bits per heavy atom. The Kier molecular flexibility index (Phi) is 6.25. The molecule has 2 aliphatic rings. The van der Waals surface area contributed by atoms with Crippen LogP contribution in [0.25, 0.3) is 0 Å². The molecule has 2 N–H and O–H groups in total. The predicted octanol–water partition coefficient (Wildman–Crippen LogP) is 2.44. The lowest BCUT2D eigenvalue weighted by molar-refractivity contribution is -0.146. The molecular formula is C20H27FN2O3. The van der Waals surface area contributed by atoms with Crippen molar-refractivity contribution in [1.82, 2.24) is 10.6 Å². The lowest BCUT2D eigenvalue weighted by Gasteiger charge is -2.27. The molecular weight excluding hydrogens is 335 g/mol. The topological polar surface area (TPSA) is 67.4 Å². The zero-order valence-electron chi connectivity index (χ0n) is 15.2. The van der Waals surface area contributed by atoms with E-state index in [-0.39, 0.29) is 29.4 Å². The first-order chi connectivity index (χ1) is 12.6. The molecule has 1 saturated carbocycles. The highest BCUT2D eigenvalue weighted by Gasteiger charge is 2.28. The summed E-state index contributed by atoms with van der Waals surface area (Å²) in [5.74, 6) is -0.581. The highest BCUT2D eigenvalue weighted by molar-refractivity contribution is 5.94. The highest BCUT2D eigenvalue weighted by atomic mass is 19.1. The van der Waals surface area contributed by atoms with Gasteiger partial charge in [0.25, 0.3) is 5.91 Å². The van der Waals surface area contributed by atoms with E-state index < -0.39 is 5.82 Å². The second kappa shape index (κ2) is 8.62. The Labute approximate surface area is 153 Å². The minimum Gasteiger partial charge on any atom is -0.469 e. The Morgan fingerprint density at radius 2 is 2.00 bits per heavy atom. The van der Waals surface area contributed by atoms with Crippen LogP contribution in [0.1, 0.15) is 48.0 Å². The number of carbonyl (C=O) groups excluding carboxylic acids is 2. The first-order valence-corrected chi connectivity index (χ1v) is 9.44. The fraction of sp³-hybridized carbons (Fsp3) is 0.600. The second-order valence-electron chi connectivity index (χ2n) is 7.42. The van der Waals surface area contributed by atoms with E-state index in [1.165, 1.54) is 13.2 Å². The van der Waals surface area contributed by atoms with E-state index in [9.17, 15) is 14.0 Å². The van der Waals surface area contributed by atoms with Gasteiger partial charge in [-0.2, -0.15) is 0 Å². The Balaban J connectivity index is 1.58. The van der Waals surface area contributed by atoms with Crippen molar-refractivity contribution in [2.45, 2.75) is 44.6 Å². The first-order valence-electron chi connectivity index (χ1n) is 9.44. The fourth-order valence-electron chi connectivity index (χ4n) is 4.00. The first kappa shape index (κ1) is 18.8. The summed E-state index contributed by atoms with van der Waals surface area (Å²) in [6.45, 7) is 2.00. The third kappa shape index (κ3) is 4.61. The van der Waals surface area contributed by atoms with Crippen molar-refractivity contribution >= 4 is 11.9 Å². The lowest BCUT2D eigenvalue weighted by Crippen LogP contribution is -2.39. The van der Waals surface area contributed by atoms with E-state index in [4.69, 9.17) is 4.74 Å². The van der Waals surface area contributed by atoms with Crippen LogP contribution in [-0.4, -0.2) is 38.1 Å². The molecule has 1 heterocycles. The number of rotatable bonds is 5. The minimum atomic E-state index is -0.487. The van der Waals surface area contributed by atoms with Crippen LogP contribution in [0, 0.1) is 17.7 Å². The van der Waals surface area contributed by atoms with Crippen LogP contribution >= 0.6 is 0 Å². The number of methoxy groups -OCH3 is 1. The third-order valence-corrected chi connectivity index (χ3v) is 5.56. The molecule has 1 unspecified atom stereocenters. The molecule has 3 rings (SSSR count). The largest absolute Gasteiger partial charge is 0.469 e. The molecule has 6 heteroatoms. The SMILES string of the molecule is COC(=O)C1CCC(NC(=O)c2cc(CC3CCNC3)ccc2F)CC1. The summed E-state index contributed by atoms with van der Waals surface area (Å²) in [7, 11) is 1.40. The van der Waals surface area contributed by atoms with E-state index in [1.807, 2.05) is 0 Å². The summed E-state index contributed by atoms with van der Waals surface area (Å²) < 4.78 is 18.9. The maximum Gasteiger partial charge on any atom is 0.308 e. The van der Waals surface area contributed by atoms with E-state index in [0.717, 1.165) is 31.5 Å². The molecule has 0 spiro atoms. The van der Waals surface area contributed by atoms with Gasteiger partial charge in [0.2, 0.25) is 0 Å². The number of carbonyl (C=O) groups is 2. The van der Waals surface area contributed by atoms with E-state index in [2.05, 4.69) is 10.6 Å². The molecule has 1 aliphatic carbocycles. The van der Waals surface area contributed by atoms with Crippen molar-refractivity contribution < 1.29 is 18.7 Å². The average molecular weight is 362 g/mol. The number of benzene rings is 1. The minimum absolute atomic E-state index is 0.0227.